The minimum Gasteiger partial charge on any atom is -0.0616 e. The molecule has 88 valence electrons. The van der Waals surface area contributed by atoms with Crippen LogP contribution in [-0.4, -0.2) is 0 Å². The molecule has 0 saturated heterocycles. The van der Waals surface area contributed by atoms with Crippen LogP contribution in [0.4, 0.5) is 0 Å². The Kier molecular flexibility index (Phi) is 2.29. The highest BCUT2D eigenvalue weighted by Gasteiger charge is 2.27. The zero-order chi connectivity index (χ0) is 12.2. The van der Waals surface area contributed by atoms with Crippen molar-refractivity contribution in [2.24, 2.45) is 5.92 Å². The Balaban J connectivity index is 2.36. The number of aryl methyl sites for hydroxylation is 2. The number of rotatable bonds is 0. The van der Waals surface area contributed by atoms with E-state index < -0.39 is 0 Å². The van der Waals surface area contributed by atoms with Crippen LogP contribution in [0.2, 0.25) is 0 Å². The number of benzene rings is 2. The van der Waals surface area contributed by atoms with Gasteiger partial charge in [-0.3, -0.25) is 0 Å². The zero-order valence-electron chi connectivity index (χ0n) is 11.2. The van der Waals surface area contributed by atoms with E-state index in [0.717, 1.165) is 11.8 Å². The molecule has 0 bridgehead atoms. The highest BCUT2D eigenvalue weighted by molar-refractivity contribution is 5.88. The summed E-state index contributed by atoms with van der Waals surface area (Å²) in [6.45, 7) is 9.23. The molecule has 17 heavy (non-hydrogen) atoms. The largest absolute Gasteiger partial charge is 0.0616 e. The Morgan fingerprint density at radius 3 is 2.59 bits per heavy atom. The summed E-state index contributed by atoms with van der Waals surface area (Å²) in [6, 6.07) is 9.24. The van der Waals surface area contributed by atoms with E-state index in [1.807, 2.05) is 0 Å². The first kappa shape index (κ1) is 10.8. The molecule has 2 atom stereocenters. The van der Waals surface area contributed by atoms with E-state index in [1.54, 1.807) is 11.1 Å². The maximum absolute atomic E-state index is 2.41. The molecule has 1 aliphatic carbocycles. The van der Waals surface area contributed by atoms with E-state index in [2.05, 4.69) is 52.0 Å². The smallest absolute Gasteiger partial charge is 0.0149 e. The van der Waals surface area contributed by atoms with E-state index in [0.29, 0.717) is 0 Å². The molecule has 0 fully saturated rings. The maximum atomic E-state index is 2.41. The minimum atomic E-state index is 0.718. The summed E-state index contributed by atoms with van der Waals surface area (Å²) in [7, 11) is 0. The minimum absolute atomic E-state index is 0.718. The molecule has 3 rings (SSSR count). The van der Waals surface area contributed by atoms with Crippen LogP contribution in [0, 0.1) is 19.8 Å². The van der Waals surface area contributed by atoms with Crippen LogP contribution in [0.15, 0.2) is 24.3 Å². The van der Waals surface area contributed by atoms with Crippen LogP contribution >= 0.6 is 0 Å². The average Bonchev–Trinajstić information content (AvgIpc) is 2.57. The lowest BCUT2D eigenvalue weighted by Crippen LogP contribution is -1.99. The van der Waals surface area contributed by atoms with E-state index in [1.165, 1.54) is 28.3 Å². The van der Waals surface area contributed by atoms with Gasteiger partial charge in [0.05, 0.1) is 0 Å². The van der Waals surface area contributed by atoms with Crippen molar-refractivity contribution in [3.63, 3.8) is 0 Å². The molecule has 0 heterocycles. The Morgan fingerprint density at radius 2 is 1.82 bits per heavy atom. The molecule has 2 aromatic rings. The van der Waals surface area contributed by atoms with Gasteiger partial charge in [0.1, 0.15) is 0 Å². The van der Waals surface area contributed by atoms with Crippen molar-refractivity contribution < 1.29 is 0 Å². The number of hydrogen-bond acceptors (Lipinski definition) is 0. The molecule has 0 heteroatoms. The summed E-state index contributed by atoms with van der Waals surface area (Å²) in [4.78, 5) is 0. The molecule has 0 nitrogen and oxygen atoms in total. The topological polar surface area (TPSA) is 0 Å². The number of fused-ring (bicyclic) bond motifs is 2. The summed E-state index contributed by atoms with van der Waals surface area (Å²) in [5, 5.41) is 2.86. The van der Waals surface area contributed by atoms with Crippen LogP contribution in [0.3, 0.4) is 0 Å². The SMILES string of the molecule is Cc1ccc2cc3c(c(C)c2c1)C(C)C(C)C3. The molecule has 0 amide bonds. The third-order valence-electron chi connectivity index (χ3n) is 4.54. The van der Waals surface area contributed by atoms with Gasteiger partial charge in [-0.15, -0.1) is 0 Å². The molecule has 0 N–H and O–H groups in total. The second kappa shape index (κ2) is 3.60. The van der Waals surface area contributed by atoms with Gasteiger partial charge in [0.15, 0.2) is 0 Å². The molecule has 1 aliphatic rings. The van der Waals surface area contributed by atoms with Crippen molar-refractivity contribution in [1.29, 1.82) is 0 Å². The van der Waals surface area contributed by atoms with Crippen LogP contribution in [0.1, 0.15) is 42.0 Å². The molecule has 0 aromatic heterocycles. The average molecular weight is 224 g/mol. The Hall–Kier alpha value is -1.30. The molecule has 0 spiro atoms. The Bertz CT molecular complexity index is 593. The summed E-state index contributed by atoms with van der Waals surface area (Å²) in [6.07, 6.45) is 1.25. The third kappa shape index (κ3) is 1.50. The summed E-state index contributed by atoms with van der Waals surface area (Å²) < 4.78 is 0. The molecule has 0 saturated carbocycles. The maximum Gasteiger partial charge on any atom is -0.0149 e. The Morgan fingerprint density at radius 1 is 1.06 bits per heavy atom. The lowest BCUT2D eigenvalue weighted by atomic mass is 9.90. The zero-order valence-corrected chi connectivity index (χ0v) is 11.2. The highest BCUT2D eigenvalue weighted by atomic mass is 14.3. The first-order chi connectivity index (χ1) is 8.08. The fourth-order valence-electron chi connectivity index (χ4n) is 3.38. The third-order valence-corrected chi connectivity index (χ3v) is 4.54. The molecule has 2 unspecified atom stereocenters. The molecular weight excluding hydrogens is 204 g/mol. The van der Waals surface area contributed by atoms with Crippen molar-refractivity contribution >= 4 is 10.8 Å². The van der Waals surface area contributed by atoms with Gasteiger partial charge in [-0.2, -0.15) is 0 Å². The van der Waals surface area contributed by atoms with E-state index in [-0.39, 0.29) is 0 Å². The standard InChI is InChI=1S/C17H20/c1-10-5-6-14-9-15-8-11(2)12(3)17(15)13(4)16(14)7-10/h5-7,9,11-12H,8H2,1-4H3. The van der Waals surface area contributed by atoms with Crippen molar-refractivity contribution in [3.05, 3.63) is 46.5 Å². The van der Waals surface area contributed by atoms with Gasteiger partial charge in [-0.25, -0.2) is 0 Å². The lowest BCUT2D eigenvalue weighted by molar-refractivity contribution is 0.531. The molecule has 0 aliphatic heterocycles. The summed E-state index contributed by atoms with van der Waals surface area (Å²) in [5.74, 6) is 1.51. The summed E-state index contributed by atoms with van der Waals surface area (Å²) >= 11 is 0. The second-order valence-corrected chi connectivity index (χ2v) is 5.77. The van der Waals surface area contributed by atoms with Gasteiger partial charge >= 0.3 is 0 Å². The normalized spacial score (nSPS) is 23.1. The van der Waals surface area contributed by atoms with E-state index in [4.69, 9.17) is 0 Å². The fourth-order valence-corrected chi connectivity index (χ4v) is 3.38. The molecule has 0 radical (unpaired) electrons. The van der Waals surface area contributed by atoms with Crippen molar-refractivity contribution in [2.75, 3.05) is 0 Å². The van der Waals surface area contributed by atoms with Crippen molar-refractivity contribution in [1.82, 2.24) is 0 Å². The quantitative estimate of drug-likeness (QED) is 0.605. The highest BCUT2D eigenvalue weighted by Crippen LogP contribution is 2.42. The lowest BCUT2D eigenvalue weighted by Gasteiger charge is -2.14. The van der Waals surface area contributed by atoms with E-state index >= 15 is 0 Å². The van der Waals surface area contributed by atoms with Crippen LogP contribution < -0.4 is 0 Å². The van der Waals surface area contributed by atoms with Gasteiger partial charge < -0.3 is 0 Å². The summed E-state index contributed by atoms with van der Waals surface area (Å²) in [5.41, 5.74) is 6.08. The van der Waals surface area contributed by atoms with E-state index in [9.17, 15) is 0 Å². The van der Waals surface area contributed by atoms with Gasteiger partial charge in [-0.05, 0) is 59.6 Å². The first-order valence-corrected chi connectivity index (χ1v) is 6.60. The second-order valence-electron chi connectivity index (χ2n) is 5.77. The van der Waals surface area contributed by atoms with Crippen LogP contribution in [0.25, 0.3) is 10.8 Å². The van der Waals surface area contributed by atoms with Gasteiger partial charge in [0, 0.05) is 0 Å². The number of hydrogen-bond donors (Lipinski definition) is 0. The van der Waals surface area contributed by atoms with Crippen molar-refractivity contribution in [3.8, 4) is 0 Å². The monoisotopic (exact) mass is 224 g/mol. The van der Waals surface area contributed by atoms with Crippen molar-refractivity contribution in [2.45, 2.75) is 40.0 Å². The van der Waals surface area contributed by atoms with Gasteiger partial charge in [0.2, 0.25) is 0 Å². The first-order valence-electron chi connectivity index (χ1n) is 6.60. The molecular formula is C17H20. The van der Waals surface area contributed by atoms with Gasteiger partial charge in [-0.1, -0.05) is 43.7 Å². The van der Waals surface area contributed by atoms with Crippen LogP contribution in [-0.2, 0) is 6.42 Å². The van der Waals surface area contributed by atoms with Crippen LogP contribution in [0.5, 0.6) is 0 Å². The van der Waals surface area contributed by atoms with Gasteiger partial charge in [0.25, 0.3) is 0 Å². The molecule has 2 aromatic carbocycles. The predicted molar refractivity (Wildman–Crippen MR) is 74.7 cm³/mol. The Labute approximate surface area is 104 Å². The fraction of sp³-hybridized carbons (Fsp3) is 0.412. The predicted octanol–water partition coefficient (Wildman–Crippen LogP) is 4.75.